The Kier molecular flexibility index (Phi) is 3.69. The van der Waals surface area contributed by atoms with Gasteiger partial charge in [0.1, 0.15) is 5.82 Å². The van der Waals surface area contributed by atoms with Crippen molar-refractivity contribution < 1.29 is 4.39 Å². The second kappa shape index (κ2) is 4.59. The van der Waals surface area contributed by atoms with Crippen molar-refractivity contribution in [3.63, 3.8) is 0 Å². The highest BCUT2D eigenvalue weighted by Crippen LogP contribution is 2.13. The quantitative estimate of drug-likeness (QED) is 0.838. The summed E-state index contributed by atoms with van der Waals surface area (Å²) in [6.45, 7) is 5.60. The molecule has 1 N–H and O–H groups in total. The van der Waals surface area contributed by atoms with Gasteiger partial charge in [-0.15, -0.1) is 0 Å². The van der Waals surface area contributed by atoms with Crippen molar-refractivity contribution in [2.45, 2.75) is 31.8 Å². The molecule has 0 saturated heterocycles. The first-order chi connectivity index (χ1) is 6.50. The minimum atomic E-state index is -0.789. The summed E-state index contributed by atoms with van der Waals surface area (Å²) in [6, 6.07) is 0. The van der Waals surface area contributed by atoms with Crippen molar-refractivity contribution in [2.24, 2.45) is 0 Å². The topological polar surface area (TPSA) is 45.8 Å². The molecule has 0 unspecified atom stereocenters. The molecule has 1 aromatic heterocycles. The smallest absolute Gasteiger partial charge is 0.287 e. The van der Waals surface area contributed by atoms with Crippen LogP contribution in [0.1, 0.15) is 25.4 Å². The Labute approximate surface area is 86.1 Å². The van der Waals surface area contributed by atoms with E-state index in [0.29, 0.717) is 16.8 Å². The maximum absolute atomic E-state index is 12.9. The van der Waals surface area contributed by atoms with Crippen LogP contribution in [0.3, 0.4) is 0 Å². The van der Waals surface area contributed by atoms with Crippen LogP contribution < -0.4 is 5.56 Å². The van der Waals surface area contributed by atoms with Gasteiger partial charge in [0.05, 0.1) is 11.4 Å². The van der Waals surface area contributed by atoms with Gasteiger partial charge in [0, 0.05) is 0 Å². The number of nitrogens with one attached hydrogen (secondary N) is 1. The van der Waals surface area contributed by atoms with E-state index in [2.05, 4.69) is 23.8 Å². The van der Waals surface area contributed by atoms with E-state index in [0.717, 1.165) is 0 Å². The lowest BCUT2D eigenvalue weighted by molar-refractivity contribution is 0.584. The highest BCUT2D eigenvalue weighted by molar-refractivity contribution is 7.99. The number of thioether (sulfide) groups is 1. The molecule has 0 aliphatic heterocycles. The van der Waals surface area contributed by atoms with Crippen molar-refractivity contribution in [3.8, 4) is 0 Å². The minimum Gasteiger partial charge on any atom is -0.307 e. The zero-order valence-electron chi connectivity index (χ0n) is 8.43. The fourth-order valence-corrected chi connectivity index (χ4v) is 1.57. The highest BCUT2D eigenvalue weighted by atomic mass is 32.2. The minimum absolute atomic E-state index is 0.160. The van der Waals surface area contributed by atoms with E-state index in [4.69, 9.17) is 0 Å². The maximum Gasteiger partial charge on any atom is 0.287 e. The summed E-state index contributed by atoms with van der Waals surface area (Å²) >= 11 is 1.65. The average molecular weight is 216 g/mol. The second-order valence-electron chi connectivity index (χ2n) is 3.27. The van der Waals surface area contributed by atoms with E-state index in [1.807, 2.05) is 0 Å². The molecule has 0 saturated carbocycles. The number of rotatable bonds is 3. The zero-order valence-corrected chi connectivity index (χ0v) is 9.24. The number of hydrogen-bond donors (Lipinski definition) is 1. The van der Waals surface area contributed by atoms with Crippen LogP contribution in [-0.4, -0.2) is 15.2 Å². The number of H-pyrrole nitrogens is 1. The van der Waals surface area contributed by atoms with Gasteiger partial charge < -0.3 is 4.98 Å². The molecule has 3 nitrogen and oxygen atoms in total. The Bertz CT molecular complexity index is 376. The Morgan fingerprint density at radius 3 is 2.71 bits per heavy atom. The Hall–Kier alpha value is -0.840. The number of aryl methyl sites for hydroxylation is 1. The largest absolute Gasteiger partial charge is 0.307 e. The molecule has 0 atom stereocenters. The summed E-state index contributed by atoms with van der Waals surface area (Å²) in [7, 11) is 0. The van der Waals surface area contributed by atoms with Crippen molar-refractivity contribution >= 4 is 11.8 Å². The normalized spacial score (nSPS) is 10.9. The highest BCUT2D eigenvalue weighted by Gasteiger charge is 2.07. The fraction of sp³-hybridized carbons (Fsp3) is 0.556. The van der Waals surface area contributed by atoms with Crippen LogP contribution in [-0.2, 0) is 5.75 Å². The van der Waals surface area contributed by atoms with Crippen LogP contribution in [0.2, 0.25) is 0 Å². The van der Waals surface area contributed by atoms with Crippen molar-refractivity contribution in [2.75, 3.05) is 0 Å². The van der Waals surface area contributed by atoms with Crippen molar-refractivity contribution in [1.82, 2.24) is 9.97 Å². The molecule has 0 aromatic carbocycles. The van der Waals surface area contributed by atoms with E-state index < -0.39 is 11.4 Å². The lowest BCUT2D eigenvalue weighted by atomic mass is 10.4. The van der Waals surface area contributed by atoms with Crippen LogP contribution in [0.25, 0.3) is 0 Å². The van der Waals surface area contributed by atoms with E-state index in [-0.39, 0.29) is 5.69 Å². The van der Waals surface area contributed by atoms with Gasteiger partial charge in [0.25, 0.3) is 5.56 Å². The summed E-state index contributed by atoms with van der Waals surface area (Å²) in [4.78, 5) is 17.4. The summed E-state index contributed by atoms with van der Waals surface area (Å²) in [6.07, 6.45) is 0. The van der Waals surface area contributed by atoms with Crippen LogP contribution >= 0.6 is 11.8 Å². The van der Waals surface area contributed by atoms with Crippen LogP contribution in [0, 0.1) is 12.7 Å². The number of aromatic amines is 1. The standard InChI is InChI=1S/C9H13FN2OS/c1-5(2)14-4-7-11-6(3)8(10)9(13)12-7/h5H,4H2,1-3H3,(H,11,12,13). The van der Waals surface area contributed by atoms with E-state index >= 15 is 0 Å². The molecule has 0 amide bonds. The van der Waals surface area contributed by atoms with Gasteiger partial charge in [-0.2, -0.15) is 16.2 Å². The monoisotopic (exact) mass is 216 g/mol. The molecule has 0 radical (unpaired) electrons. The molecule has 1 aromatic rings. The molecule has 1 rings (SSSR count). The van der Waals surface area contributed by atoms with Gasteiger partial charge in [0.2, 0.25) is 5.82 Å². The number of halogens is 1. The zero-order chi connectivity index (χ0) is 10.7. The second-order valence-corrected chi connectivity index (χ2v) is 4.84. The molecule has 1 heterocycles. The molecule has 0 spiro atoms. The first-order valence-electron chi connectivity index (χ1n) is 4.37. The van der Waals surface area contributed by atoms with Gasteiger partial charge >= 0.3 is 0 Å². The average Bonchev–Trinajstić information content (AvgIpc) is 2.10. The van der Waals surface area contributed by atoms with E-state index in [1.54, 1.807) is 11.8 Å². The number of hydrogen-bond acceptors (Lipinski definition) is 3. The number of nitrogens with zero attached hydrogens (tertiary/aromatic N) is 1. The van der Waals surface area contributed by atoms with Gasteiger partial charge in [0.15, 0.2) is 0 Å². The molecule has 0 bridgehead atoms. The molecule has 0 aliphatic carbocycles. The van der Waals surface area contributed by atoms with Gasteiger partial charge in [-0.25, -0.2) is 4.98 Å². The summed E-state index contributed by atoms with van der Waals surface area (Å²) < 4.78 is 12.9. The fourth-order valence-electron chi connectivity index (χ4n) is 0.944. The van der Waals surface area contributed by atoms with Gasteiger partial charge in [-0.1, -0.05) is 13.8 Å². The molecular formula is C9H13FN2OS. The third-order valence-corrected chi connectivity index (χ3v) is 2.74. The van der Waals surface area contributed by atoms with E-state index in [1.165, 1.54) is 6.92 Å². The lowest BCUT2D eigenvalue weighted by Gasteiger charge is -2.04. The van der Waals surface area contributed by atoms with E-state index in [9.17, 15) is 9.18 Å². The molecule has 5 heteroatoms. The number of aromatic nitrogens is 2. The Morgan fingerprint density at radius 2 is 2.21 bits per heavy atom. The first kappa shape index (κ1) is 11.2. The van der Waals surface area contributed by atoms with Crippen LogP contribution in [0.15, 0.2) is 4.79 Å². The molecule has 78 valence electrons. The van der Waals surface area contributed by atoms with Gasteiger partial charge in [-0.3, -0.25) is 4.79 Å². The SMILES string of the molecule is Cc1nc(CSC(C)C)[nH]c(=O)c1F. The summed E-state index contributed by atoms with van der Waals surface area (Å²) in [5.41, 5.74) is -0.523. The molecular weight excluding hydrogens is 203 g/mol. The molecule has 0 aliphatic rings. The summed E-state index contributed by atoms with van der Waals surface area (Å²) in [5, 5.41) is 0.464. The maximum atomic E-state index is 12.9. The van der Waals surface area contributed by atoms with Crippen LogP contribution in [0.4, 0.5) is 4.39 Å². The Morgan fingerprint density at radius 1 is 1.57 bits per heavy atom. The molecule has 14 heavy (non-hydrogen) atoms. The van der Waals surface area contributed by atoms with Crippen molar-refractivity contribution in [1.29, 1.82) is 0 Å². The van der Waals surface area contributed by atoms with Crippen molar-refractivity contribution in [3.05, 3.63) is 27.7 Å². The lowest BCUT2D eigenvalue weighted by Crippen LogP contribution is -2.17. The predicted molar refractivity (Wildman–Crippen MR) is 56.0 cm³/mol. The summed E-state index contributed by atoms with van der Waals surface area (Å²) in [5.74, 6) is 0.351. The first-order valence-corrected chi connectivity index (χ1v) is 5.42. The van der Waals surface area contributed by atoms with Crippen LogP contribution in [0.5, 0.6) is 0 Å². The van der Waals surface area contributed by atoms with Gasteiger partial charge in [-0.05, 0) is 12.2 Å². The Balaban J connectivity index is 2.85. The molecule has 0 fully saturated rings. The predicted octanol–water partition coefficient (Wildman–Crippen LogP) is 1.86. The third-order valence-electron chi connectivity index (χ3n) is 1.63. The third kappa shape index (κ3) is 2.83.